The van der Waals surface area contributed by atoms with Crippen molar-refractivity contribution in [3.05, 3.63) is 117 Å². The van der Waals surface area contributed by atoms with Crippen LogP contribution in [0.5, 0.6) is 11.5 Å². The van der Waals surface area contributed by atoms with Crippen LogP contribution in [-0.2, 0) is 13.2 Å². The van der Waals surface area contributed by atoms with Crippen molar-refractivity contribution in [2.24, 2.45) is 10.2 Å². The minimum Gasteiger partial charge on any atom is -0.489 e. The van der Waals surface area contributed by atoms with E-state index in [4.69, 9.17) is 9.47 Å². The van der Waals surface area contributed by atoms with Crippen LogP contribution in [0.15, 0.2) is 116 Å². The van der Waals surface area contributed by atoms with Gasteiger partial charge in [-0.05, 0) is 83.9 Å². The molecule has 0 amide bonds. The van der Waals surface area contributed by atoms with Crippen LogP contribution in [0.25, 0.3) is 0 Å². The monoisotopic (exact) mass is 550 g/mol. The number of benzene rings is 4. The van der Waals surface area contributed by atoms with Crippen molar-refractivity contribution >= 4 is 43.2 Å². The molecule has 4 aromatic carbocycles. The van der Waals surface area contributed by atoms with E-state index in [0.717, 1.165) is 42.9 Å². The fraction of sp³-hybridized carbons (Fsp3) is 0.0769. The zero-order valence-electron chi connectivity index (χ0n) is 17.1. The molecule has 0 saturated carbocycles. The third kappa shape index (κ3) is 6.77. The highest BCUT2D eigenvalue weighted by Gasteiger charge is 1.99. The van der Waals surface area contributed by atoms with Gasteiger partial charge in [-0.2, -0.15) is 10.2 Å². The lowest BCUT2D eigenvalue weighted by molar-refractivity contribution is 0.306. The lowest BCUT2D eigenvalue weighted by Gasteiger charge is -2.07. The molecule has 6 heteroatoms. The van der Waals surface area contributed by atoms with Gasteiger partial charge in [0.15, 0.2) is 0 Å². The number of hydrogen-bond acceptors (Lipinski definition) is 4. The van der Waals surface area contributed by atoms with E-state index < -0.39 is 0 Å². The predicted molar refractivity (Wildman–Crippen MR) is 134 cm³/mol. The fourth-order valence-corrected chi connectivity index (χ4v) is 3.36. The average Bonchev–Trinajstić information content (AvgIpc) is 2.83. The van der Waals surface area contributed by atoms with E-state index in [1.807, 2.05) is 97.1 Å². The van der Waals surface area contributed by atoms with Crippen LogP contribution in [0.3, 0.4) is 0 Å². The van der Waals surface area contributed by atoms with E-state index in [1.54, 1.807) is 0 Å². The first kappa shape index (κ1) is 22.2. The molecular formula is C26H20Br2N2O2. The molecule has 0 bridgehead atoms. The molecule has 0 atom stereocenters. The topological polar surface area (TPSA) is 43.2 Å². The Bertz CT molecular complexity index is 1060. The number of rotatable bonds is 8. The summed E-state index contributed by atoms with van der Waals surface area (Å²) in [6, 6.07) is 31.3. The number of nitrogens with zero attached hydrogens (tertiary/aromatic N) is 2. The Kier molecular flexibility index (Phi) is 7.69. The molecule has 0 heterocycles. The van der Waals surface area contributed by atoms with Crippen molar-refractivity contribution in [1.82, 2.24) is 0 Å². The Morgan fingerprint density at radius 1 is 0.469 bits per heavy atom. The molecule has 0 aromatic heterocycles. The molecule has 0 aliphatic heterocycles. The van der Waals surface area contributed by atoms with Gasteiger partial charge in [0.2, 0.25) is 0 Å². The van der Waals surface area contributed by atoms with E-state index in [9.17, 15) is 0 Å². The smallest absolute Gasteiger partial charge is 0.119 e. The SMILES string of the molecule is Brc1ccc(COc2ccc(N=Nc3ccc(OCc4ccc(Br)cc4)cc3)cc2)cc1. The largest absolute Gasteiger partial charge is 0.489 e. The zero-order valence-corrected chi connectivity index (χ0v) is 20.3. The van der Waals surface area contributed by atoms with Gasteiger partial charge in [0.05, 0.1) is 11.4 Å². The van der Waals surface area contributed by atoms with Gasteiger partial charge < -0.3 is 9.47 Å². The molecule has 0 spiro atoms. The second kappa shape index (κ2) is 11.1. The molecular weight excluding hydrogens is 532 g/mol. The maximum Gasteiger partial charge on any atom is 0.119 e. The molecule has 4 rings (SSSR count). The minimum absolute atomic E-state index is 0.518. The summed E-state index contributed by atoms with van der Waals surface area (Å²) in [5.74, 6) is 1.58. The molecule has 0 N–H and O–H groups in total. The number of halogens is 2. The summed E-state index contributed by atoms with van der Waals surface area (Å²) in [5.41, 5.74) is 3.75. The van der Waals surface area contributed by atoms with E-state index in [1.165, 1.54) is 0 Å². The molecule has 0 fully saturated rings. The molecule has 4 aromatic rings. The molecule has 0 radical (unpaired) electrons. The van der Waals surface area contributed by atoms with Crippen molar-refractivity contribution < 1.29 is 9.47 Å². The Labute approximate surface area is 204 Å². The predicted octanol–water partition coefficient (Wildman–Crippen LogP) is 8.79. The molecule has 160 valence electrons. The zero-order chi connectivity index (χ0) is 22.2. The number of hydrogen-bond donors (Lipinski definition) is 0. The molecule has 0 aliphatic carbocycles. The lowest BCUT2D eigenvalue weighted by atomic mass is 10.2. The van der Waals surface area contributed by atoms with Gasteiger partial charge in [-0.3, -0.25) is 0 Å². The summed E-state index contributed by atoms with van der Waals surface area (Å²) in [7, 11) is 0. The van der Waals surface area contributed by atoms with Crippen LogP contribution in [0.1, 0.15) is 11.1 Å². The summed E-state index contributed by atoms with van der Waals surface area (Å²) in [6.07, 6.45) is 0. The Morgan fingerprint density at radius 3 is 1.16 bits per heavy atom. The molecule has 0 saturated heterocycles. The van der Waals surface area contributed by atoms with Gasteiger partial charge >= 0.3 is 0 Å². The maximum atomic E-state index is 5.82. The van der Waals surface area contributed by atoms with Crippen LogP contribution >= 0.6 is 31.9 Å². The second-order valence-electron chi connectivity index (χ2n) is 7.02. The van der Waals surface area contributed by atoms with Crippen LogP contribution < -0.4 is 9.47 Å². The maximum absolute atomic E-state index is 5.82. The number of azo groups is 1. The van der Waals surface area contributed by atoms with Crippen molar-refractivity contribution in [2.45, 2.75) is 13.2 Å². The van der Waals surface area contributed by atoms with Crippen LogP contribution in [0.2, 0.25) is 0 Å². The summed E-state index contributed by atoms with van der Waals surface area (Å²) < 4.78 is 13.7. The van der Waals surface area contributed by atoms with Crippen LogP contribution in [0, 0.1) is 0 Å². The number of ether oxygens (including phenoxy) is 2. The first-order valence-electron chi connectivity index (χ1n) is 10.0. The third-order valence-electron chi connectivity index (χ3n) is 4.59. The van der Waals surface area contributed by atoms with Gasteiger partial charge in [-0.15, -0.1) is 0 Å². The van der Waals surface area contributed by atoms with E-state index in [2.05, 4.69) is 42.1 Å². The average molecular weight is 552 g/mol. The minimum atomic E-state index is 0.518. The highest BCUT2D eigenvalue weighted by molar-refractivity contribution is 9.10. The van der Waals surface area contributed by atoms with Gasteiger partial charge in [0.1, 0.15) is 24.7 Å². The first-order chi connectivity index (χ1) is 15.6. The highest BCUT2D eigenvalue weighted by Crippen LogP contribution is 2.24. The van der Waals surface area contributed by atoms with Gasteiger partial charge in [-0.25, -0.2) is 0 Å². The van der Waals surface area contributed by atoms with Crippen LogP contribution in [-0.4, -0.2) is 0 Å². The third-order valence-corrected chi connectivity index (χ3v) is 5.65. The summed E-state index contributed by atoms with van der Waals surface area (Å²) >= 11 is 6.87. The summed E-state index contributed by atoms with van der Waals surface area (Å²) in [5, 5.41) is 8.59. The van der Waals surface area contributed by atoms with Gasteiger partial charge in [-0.1, -0.05) is 56.1 Å². The Balaban J connectivity index is 1.27. The quantitative estimate of drug-likeness (QED) is 0.205. The first-order valence-corrected chi connectivity index (χ1v) is 11.6. The van der Waals surface area contributed by atoms with Crippen molar-refractivity contribution in [1.29, 1.82) is 0 Å². The van der Waals surface area contributed by atoms with Crippen molar-refractivity contribution in [3.63, 3.8) is 0 Å². The summed E-state index contributed by atoms with van der Waals surface area (Å²) in [4.78, 5) is 0. The van der Waals surface area contributed by atoms with Crippen molar-refractivity contribution in [3.8, 4) is 11.5 Å². The molecule has 32 heavy (non-hydrogen) atoms. The molecule has 4 nitrogen and oxygen atoms in total. The standard InChI is InChI=1S/C26H20Br2N2O2/c27-21-5-1-19(2-6-21)17-31-25-13-9-23(10-14-25)29-30-24-11-15-26(16-12-24)32-18-20-3-7-22(28)8-4-20/h1-16H,17-18H2. The second-order valence-corrected chi connectivity index (χ2v) is 8.85. The van der Waals surface area contributed by atoms with E-state index in [-0.39, 0.29) is 0 Å². The normalized spacial score (nSPS) is 10.9. The summed E-state index contributed by atoms with van der Waals surface area (Å²) in [6.45, 7) is 1.04. The van der Waals surface area contributed by atoms with Gasteiger partial charge in [0.25, 0.3) is 0 Å². The Hall–Kier alpha value is -2.96. The highest BCUT2D eigenvalue weighted by atomic mass is 79.9. The van der Waals surface area contributed by atoms with E-state index in [0.29, 0.717) is 13.2 Å². The molecule has 0 aliphatic rings. The fourth-order valence-electron chi connectivity index (χ4n) is 2.83. The van der Waals surface area contributed by atoms with Crippen LogP contribution in [0.4, 0.5) is 11.4 Å². The van der Waals surface area contributed by atoms with Gasteiger partial charge in [0, 0.05) is 8.95 Å². The van der Waals surface area contributed by atoms with E-state index >= 15 is 0 Å². The Morgan fingerprint density at radius 2 is 0.812 bits per heavy atom. The lowest BCUT2D eigenvalue weighted by Crippen LogP contribution is -1.94. The van der Waals surface area contributed by atoms with Crippen molar-refractivity contribution in [2.75, 3.05) is 0 Å². The molecule has 0 unspecified atom stereocenters.